The minimum Gasteiger partial charge on any atom is -0.354 e. The molecule has 1 aromatic rings. The lowest BCUT2D eigenvalue weighted by molar-refractivity contribution is 0.131. The Morgan fingerprint density at radius 1 is 1.13 bits per heavy atom. The number of aliphatic imine (C=N–C) groups is 1. The Morgan fingerprint density at radius 3 is 2.30 bits per heavy atom. The number of sulfone groups is 1. The van der Waals surface area contributed by atoms with Crippen LogP contribution in [0.1, 0.15) is 31.4 Å². The summed E-state index contributed by atoms with van der Waals surface area (Å²) in [5, 5.41) is 6.65. The number of benzene rings is 1. The summed E-state index contributed by atoms with van der Waals surface area (Å²) in [6, 6.07) is 8.56. The van der Waals surface area contributed by atoms with Gasteiger partial charge in [-0.05, 0) is 31.0 Å². The molecule has 7 nitrogen and oxygen atoms in total. The Hall–Kier alpha value is -0.910. The van der Waals surface area contributed by atoms with Crippen LogP contribution in [0.5, 0.6) is 0 Å². The zero-order valence-electron chi connectivity index (χ0n) is 18.7. The number of piperazine rings is 1. The van der Waals surface area contributed by atoms with Crippen molar-refractivity contribution in [1.82, 2.24) is 20.4 Å². The highest BCUT2D eigenvalue weighted by molar-refractivity contribution is 14.0. The van der Waals surface area contributed by atoms with Gasteiger partial charge in [-0.3, -0.25) is 9.89 Å². The lowest BCUT2D eigenvalue weighted by Gasteiger charge is -2.34. The van der Waals surface area contributed by atoms with E-state index in [2.05, 4.69) is 56.6 Å². The molecule has 0 aliphatic carbocycles. The molecular formula is C21H38IN5O2S. The Bertz CT molecular complexity index is 764. The molecule has 9 heteroatoms. The lowest BCUT2D eigenvalue weighted by Crippen LogP contribution is -2.45. The van der Waals surface area contributed by atoms with E-state index in [9.17, 15) is 8.42 Å². The van der Waals surface area contributed by atoms with Crippen LogP contribution in [-0.2, 0) is 22.9 Å². The third-order valence-electron chi connectivity index (χ3n) is 5.40. The first-order valence-electron chi connectivity index (χ1n) is 10.5. The Kier molecular flexibility index (Phi) is 12.2. The summed E-state index contributed by atoms with van der Waals surface area (Å²) in [4.78, 5) is 9.29. The van der Waals surface area contributed by atoms with Crippen molar-refractivity contribution in [1.29, 1.82) is 0 Å². The first-order valence-corrected chi connectivity index (χ1v) is 12.5. The molecule has 0 saturated carbocycles. The van der Waals surface area contributed by atoms with Gasteiger partial charge in [0.1, 0.15) is 9.84 Å². The molecular weight excluding hydrogens is 513 g/mol. The molecule has 1 fully saturated rings. The molecule has 1 saturated heterocycles. The van der Waals surface area contributed by atoms with Crippen LogP contribution in [0.4, 0.5) is 0 Å². The fourth-order valence-electron chi connectivity index (χ4n) is 3.46. The van der Waals surface area contributed by atoms with Gasteiger partial charge in [-0.15, -0.1) is 24.0 Å². The molecule has 0 spiro atoms. The van der Waals surface area contributed by atoms with Crippen LogP contribution in [-0.4, -0.2) is 82.0 Å². The maximum Gasteiger partial charge on any atom is 0.191 e. The Balaban J connectivity index is 0.00000450. The maximum atomic E-state index is 11.4. The normalized spacial score (nSPS) is 17.3. The molecule has 0 bridgehead atoms. The molecule has 0 aromatic heterocycles. The standard InChI is InChI=1S/C21H37N5O2S.HI/c1-5-25-11-13-26(14-12-25)17-20-9-7-6-8-19(20)16-23-21(22-3)24-18(2)10-15-29(4,27)28;/h6-9,18H,5,10-17H2,1-4H3,(H2,22,23,24);1H. The van der Waals surface area contributed by atoms with Crippen LogP contribution in [0.15, 0.2) is 29.3 Å². The molecule has 1 aliphatic rings. The second kappa shape index (κ2) is 13.5. The van der Waals surface area contributed by atoms with Crippen LogP contribution in [0.2, 0.25) is 0 Å². The topological polar surface area (TPSA) is 77.0 Å². The van der Waals surface area contributed by atoms with Crippen molar-refractivity contribution in [3.63, 3.8) is 0 Å². The van der Waals surface area contributed by atoms with Crippen LogP contribution < -0.4 is 10.6 Å². The highest BCUT2D eigenvalue weighted by Crippen LogP contribution is 2.13. The number of nitrogens with zero attached hydrogens (tertiary/aromatic N) is 3. The van der Waals surface area contributed by atoms with Crippen molar-refractivity contribution < 1.29 is 8.42 Å². The summed E-state index contributed by atoms with van der Waals surface area (Å²) in [7, 11) is -1.22. The van der Waals surface area contributed by atoms with E-state index >= 15 is 0 Å². The molecule has 2 rings (SSSR count). The summed E-state index contributed by atoms with van der Waals surface area (Å²) in [6.45, 7) is 11.5. The fraction of sp³-hybridized carbons (Fsp3) is 0.667. The zero-order chi connectivity index (χ0) is 21.3. The minimum absolute atomic E-state index is 0. The first kappa shape index (κ1) is 27.1. The molecule has 30 heavy (non-hydrogen) atoms. The van der Waals surface area contributed by atoms with Gasteiger partial charge in [0.25, 0.3) is 0 Å². The van der Waals surface area contributed by atoms with Crippen LogP contribution in [0.25, 0.3) is 0 Å². The van der Waals surface area contributed by atoms with Crippen molar-refractivity contribution in [2.24, 2.45) is 4.99 Å². The van der Waals surface area contributed by atoms with E-state index in [-0.39, 0.29) is 35.8 Å². The third-order valence-corrected chi connectivity index (χ3v) is 6.38. The number of halogens is 1. The molecule has 1 aliphatic heterocycles. The highest BCUT2D eigenvalue weighted by Gasteiger charge is 2.17. The van der Waals surface area contributed by atoms with Crippen LogP contribution in [0.3, 0.4) is 0 Å². The minimum atomic E-state index is -2.95. The summed E-state index contributed by atoms with van der Waals surface area (Å²) < 4.78 is 22.7. The Labute approximate surface area is 199 Å². The highest BCUT2D eigenvalue weighted by atomic mass is 127. The van der Waals surface area contributed by atoms with E-state index in [1.807, 2.05) is 6.92 Å². The van der Waals surface area contributed by atoms with Gasteiger partial charge in [-0.1, -0.05) is 31.2 Å². The van der Waals surface area contributed by atoms with E-state index < -0.39 is 9.84 Å². The molecule has 172 valence electrons. The number of hydrogen-bond acceptors (Lipinski definition) is 5. The van der Waals surface area contributed by atoms with Gasteiger partial charge in [0.05, 0.1) is 5.75 Å². The average Bonchev–Trinajstić information content (AvgIpc) is 2.70. The van der Waals surface area contributed by atoms with Gasteiger partial charge in [0.2, 0.25) is 0 Å². The maximum absolute atomic E-state index is 11.4. The number of hydrogen-bond donors (Lipinski definition) is 2. The Morgan fingerprint density at radius 2 is 1.73 bits per heavy atom. The van der Waals surface area contributed by atoms with E-state index in [0.717, 1.165) is 39.3 Å². The molecule has 0 radical (unpaired) electrons. The lowest BCUT2D eigenvalue weighted by atomic mass is 10.1. The quantitative estimate of drug-likeness (QED) is 0.278. The largest absolute Gasteiger partial charge is 0.354 e. The van der Waals surface area contributed by atoms with Crippen LogP contribution in [0, 0.1) is 0 Å². The van der Waals surface area contributed by atoms with Gasteiger partial charge >= 0.3 is 0 Å². The molecule has 2 N–H and O–H groups in total. The third kappa shape index (κ3) is 9.93. The molecule has 1 atom stereocenters. The smallest absolute Gasteiger partial charge is 0.191 e. The van der Waals surface area contributed by atoms with Crippen molar-refractivity contribution >= 4 is 39.8 Å². The second-order valence-electron chi connectivity index (χ2n) is 7.87. The molecule has 0 amide bonds. The van der Waals surface area contributed by atoms with Gasteiger partial charge in [-0.2, -0.15) is 0 Å². The predicted octanol–water partition coefficient (Wildman–Crippen LogP) is 1.93. The van der Waals surface area contributed by atoms with E-state index in [1.165, 1.54) is 17.4 Å². The first-order chi connectivity index (χ1) is 13.8. The second-order valence-corrected chi connectivity index (χ2v) is 10.1. The van der Waals surface area contributed by atoms with Crippen molar-refractivity contribution in [3.8, 4) is 0 Å². The number of nitrogens with one attached hydrogen (secondary N) is 2. The average molecular weight is 552 g/mol. The zero-order valence-corrected chi connectivity index (χ0v) is 21.9. The van der Waals surface area contributed by atoms with E-state index in [1.54, 1.807) is 7.05 Å². The van der Waals surface area contributed by atoms with Crippen molar-refractivity contribution in [2.75, 3.05) is 51.8 Å². The number of likely N-dealkylation sites (N-methyl/N-ethyl adjacent to an activating group) is 1. The fourth-order valence-corrected chi connectivity index (χ4v) is 4.24. The summed E-state index contributed by atoms with van der Waals surface area (Å²) in [6.07, 6.45) is 1.83. The molecule has 1 aromatic carbocycles. The van der Waals surface area contributed by atoms with E-state index in [4.69, 9.17) is 0 Å². The SMILES string of the molecule is CCN1CCN(Cc2ccccc2CNC(=NC)NC(C)CCS(C)(=O)=O)CC1.I. The summed E-state index contributed by atoms with van der Waals surface area (Å²) in [5.41, 5.74) is 2.60. The van der Waals surface area contributed by atoms with Crippen LogP contribution >= 0.6 is 24.0 Å². The van der Waals surface area contributed by atoms with Gasteiger partial charge < -0.3 is 15.5 Å². The molecule has 1 unspecified atom stereocenters. The van der Waals surface area contributed by atoms with Gasteiger partial charge in [-0.25, -0.2) is 8.42 Å². The van der Waals surface area contributed by atoms with Gasteiger partial charge in [0, 0.05) is 58.6 Å². The monoisotopic (exact) mass is 551 g/mol. The van der Waals surface area contributed by atoms with Crippen molar-refractivity contribution in [2.45, 2.75) is 39.4 Å². The summed E-state index contributed by atoms with van der Waals surface area (Å²) >= 11 is 0. The predicted molar refractivity (Wildman–Crippen MR) is 136 cm³/mol. The van der Waals surface area contributed by atoms with E-state index in [0.29, 0.717) is 18.9 Å². The summed E-state index contributed by atoms with van der Waals surface area (Å²) in [5.74, 6) is 0.865. The number of rotatable bonds is 9. The van der Waals surface area contributed by atoms with Gasteiger partial charge in [0.15, 0.2) is 5.96 Å². The molecule has 1 heterocycles. The number of guanidine groups is 1. The van der Waals surface area contributed by atoms with Crippen molar-refractivity contribution in [3.05, 3.63) is 35.4 Å².